The van der Waals surface area contributed by atoms with Crippen LogP contribution in [0.3, 0.4) is 0 Å². The molecule has 0 saturated heterocycles. The maximum absolute atomic E-state index is 8.58. The lowest BCUT2D eigenvalue weighted by molar-refractivity contribution is 0.947. The molecule has 0 aliphatic heterocycles. The summed E-state index contributed by atoms with van der Waals surface area (Å²) < 4.78 is 2.55. The van der Waals surface area contributed by atoms with Crippen LogP contribution < -0.4 is 0 Å². The number of pyridine rings is 1. The molecule has 0 amide bonds. The van der Waals surface area contributed by atoms with Gasteiger partial charge in [0.1, 0.15) is 6.33 Å². The molecule has 0 N–H and O–H groups in total. The van der Waals surface area contributed by atoms with Gasteiger partial charge in [0.05, 0.1) is 12.5 Å². The van der Waals surface area contributed by atoms with Crippen LogP contribution in [0, 0.1) is 11.3 Å². The summed E-state index contributed by atoms with van der Waals surface area (Å²) in [5.41, 5.74) is 1.62. The summed E-state index contributed by atoms with van der Waals surface area (Å²) in [6.45, 7) is 0. The standard InChI is InChI=1S/C8H5BrN4/c9-7-3-6(1-2-10)8-11-5-12-13(8)4-7/h3-5H,1H2. The molecule has 0 atom stereocenters. The summed E-state index contributed by atoms with van der Waals surface area (Å²) in [6.07, 6.45) is 3.63. The second kappa shape index (κ2) is 3.15. The van der Waals surface area contributed by atoms with Gasteiger partial charge < -0.3 is 0 Å². The average molecular weight is 237 g/mol. The topological polar surface area (TPSA) is 54.0 Å². The Labute approximate surface area is 82.9 Å². The van der Waals surface area contributed by atoms with Crippen LogP contribution in [-0.4, -0.2) is 14.6 Å². The zero-order chi connectivity index (χ0) is 9.26. The molecule has 0 radical (unpaired) electrons. The smallest absolute Gasteiger partial charge is 0.159 e. The highest BCUT2D eigenvalue weighted by atomic mass is 79.9. The number of halogens is 1. The van der Waals surface area contributed by atoms with E-state index >= 15 is 0 Å². The van der Waals surface area contributed by atoms with Crippen molar-refractivity contribution in [2.45, 2.75) is 6.42 Å². The second-order valence-electron chi connectivity index (χ2n) is 2.55. The van der Waals surface area contributed by atoms with E-state index in [9.17, 15) is 0 Å². The molecule has 2 aromatic rings. The zero-order valence-corrected chi connectivity index (χ0v) is 8.19. The number of hydrogen-bond acceptors (Lipinski definition) is 3. The molecule has 0 saturated carbocycles. The zero-order valence-electron chi connectivity index (χ0n) is 6.61. The van der Waals surface area contributed by atoms with Gasteiger partial charge in [-0.1, -0.05) is 0 Å². The fourth-order valence-electron chi connectivity index (χ4n) is 1.17. The van der Waals surface area contributed by atoms with Crippen molar-refractivity contribution >= 4 is 21.6 Å². The largest absolute Gasteiger partial charge is 0.220 e. The van der Waals surface area contributed by atoms with Crippen molar-refractivity contribution in [3.05, 3.63) is 28.6 Å². The molecule has 2 rings (SSSR count). The number of rotatable bonds is 1. The Hall–Kier alpha value is -1.41. The lowest BCUT2D eigenvalue weighted by atomic mass is 10.2. The van der Waals surface area contributed by atoms with Gasteiger partial charge in [-0.15, -0.1) is 0 Å². The monoisotopic (exact) mass is 236 g/mol. The Morgan fingerprint density at radius 3 is 3.23 bits per heavy atom. The normalized spacial score (nSPS) is 10.2. The van der Waals surface area contributed by atoms with Crippen molar-refractivity contribution < 1.29 is 0 Å². The van der Waals surface area contributed by atoms with Gasteiger partial charge in [-0.2, -0.15) is 10.4 Å². The first-order valence-corrected chi connectivity index (χ1v) is 4.45. The molecular formula is C8H5BrN4. The quantitative estimate of drug-likeness (QED) is 0.756. The molecule has 0 fully saturated rings. The van der Waals surface area contributed by atoms with Crippen LogP contribution in [-0.2, 0) is 6.42 Å². The summed E-state index contributed by atoms with van der Waals surface area (Å²) in [5.74, 6) is 0. The van der Waals surface area contributed by atoms with E-state index in [2.05, 4.69) is 32.1 Å². The first kappa shape index (κ1) is 8.20. The van der Waals surface area contributed by atoms with Crippen molar-refractivity contribution in [2.75, 3.05) is 0 Å². The van der Waals surface area contributed by atoms with Crippen molar-refractivity contribution in [1.29, 1.82) is 5.26 Å². The van der Waals surface area contributed by atoms with E-state index in [0.29, 0.717) is 6.42 Å². The maximum atomic E-state index is 8.58. The predicted molar refractivity (Wildman–Crippen MR) is 50.0 cm³/mol. The van der Waals surface area contributed by atoms with E-state index in [1.165, 1.54) is 6.33 Å². The lowest BCUT2D eigenvalue weighted by Crippen LogP contribution is -1.93. The van der Waals surface area contributed by atoms with Gasteiger partial charge in [0.2, 0.25) is 0 Å². The minimum absolute atomic E-state index is 0.349. The molecular weight excluding hydrogens is 232 g/mol. The minimum atomic E-state index is 0.349. The van der Waals surface area contributed by atoms with E-state index in [0.717, 1.165) is 15.7 Å². The highest BCUT2D eigenvalue weighted by molar-refractivity contribution is 9.10. The first-order valence-electron chi connectivity index (χ1n) is 3.66. The third kappa shape index (κ3) is 1.40. The van der Waals surface area contributed by atoms with Gasteiger partial charge >= 0.3 is 0 Å². The fourth-order valence-corrected chi connectivity index (χ4v) is 1.65. The third-order valence-electron chi connectivity index (χ3n) is 1.69. The summed E-state index contributed by atoms with van der Waals surface area (Å²) in [5, 5.41) is 12.6. The van der Waals surface area contributed by atoms with Crippen LogP contribution in [0.1, 0.15) is 5.56 Å². The van der Waals surface area contributed by atoms with Crippen LogP contribution in [0.15, 0.2) is 23.1 Å². The second-order valence-corrected chi connectivity index (χ2v) is 3.46. The molecule has 4 nitrogen and oxygen atoms in total. The van der Waals surface area contributed by atoms with Gasteiger partial charge in [0.15, 0.2) is 5.65 Å². The van der Waals surface area contributed by atoms with Crippen molar-refractivity contribution in [3.63, 3.8) is 0 Å². The summed E-state index contributed by atoms with van der Waals surface area (Å²) in [7, 11) is 0. The number of hydrogen-bond donors (Lipinski definition) is 0. The third-order valence-corrected chi connectivity index (χ3v) is 2.12. The molecule has 13 heavy (non-hydrogen) atoms. The molecule has 2 heterocycles. The van der Waals surface area contributed by atoms with Crippen molar-refractivity contribution in [3.8, 4) is 6.07 Å². The van der Waals surface area contributed by atoms with E-state index in [1.807, 2.05) is 12.3 Å². The van der Waals surface area contributed by atoms with Crippen LogP contribution in [0.25, 0.3) is 5.65 Å². The Morgan fingerprint density at radius 2 is 2.46 bits per heavy atom. The van der Waals surface area contributed by atoms with Crippen LogP contribution >= 0.6 is 15.9 Å². The van der Waals surface area contributed by atoms with Crippen molar-refractivity contribution in [1.82, 2.24) is 14.6 Å². The number of fused-ring (bicyclic) bond motifs is 1. The highest BCUT2D eigenvalue weighted by Gasteiger charge is 2.04. The SMILES string of the molecule is N#CCc1cc(Br)cn2ncnc12. The molecule has 2 aromatic heterocycles. The molecule has 64 valence electrons. The van der Waals surface area contributed by atoms with Crippen LogP contribution in [0.2, 0.25) is 0 Å². The number of aromatic nitrogens is 3. The molecule has 0 bridgehead atoms. The van der Waals surface area contributed by atoms with Gasteiger partial charge in [-0.3, -0.25) is 0 Å². The van der Waals surface area contributed by atoms with E-state index in [1.54, 1.807) is 4.52 Å². The van der Waals surface area contributed by atoms with Crippen LogP contribution in [0.5, 0.6) is 0 Å². The maximum Gasteiger partial charge on any atom is 0.159 e. The minimum Gasteiger partial charge on any atom is -0.220 e. The Morgan fingerprint density at radius 1 is 1.62 bits per heavy atom. The van der Waals surface area contributed by atoms with Crippen molar-refractivity contribution in [2.24, 2.45) is 0 Å². The van der Waals surface area contributed by atoms with E-state index < -0.39 is 0 Å². The van der Waals surface area contributed by atoms with Gasteiger partial charge in [-0.25, -0.2) is 9.50 Å². The van der Waals surface area contributed by atoms with Gasteiger partial charge in [0.25, 0.3) is 0 Å². The molecule has 5 heteroatoms. The molecule has 0 spiro atoms. The number of nitrogens with zero attached hydrogens (tertiary/aromatic N) is 4. The average Bonchev–Trinajstić information content (AvgIpc) is 2.52. The first-order chi connectivity index (χ1) is 6.31. The molecule has 0 aliphatic carbocycles. The predicted octanol–water partition coefficient (Wildman–Crippen LogP) is 1.56. The lowest BCUT2D eigenvalue weighted by Gasteiger charge is -1.98. The van der Waals surface area contributed by atoms with Crippen LogP contribution in [0.4, 0.5) is 0 Å². The Balaban J connectivity index is 2.71. The summed E-state index contributed by atoms with van der Waals surface area (Å²) in [6, 6.07) is 3.97. The van der Waals surface area contributed by atoms with Gasteiger partial charge in [-0.05, 0) is 22.0 Å². The summed E-state index contributed by atoms with van der Waals surface area (Å²) in [4.78, 5) is 4.06. The molecule has 0 unspecified atom stereocenters. The molecule has 0 aromatic carbocycles. The fraction of sp³-hybridized carbons (Fsp3) is 0.125. The Bertz CT molecular complexity index is 482. The van der Waals surface area contributed by atoms with E-state index in [-0.39, 0.29) is 0 Å². The van der Waals surface area contributed by atoms with Gasteiger partial charge in [0, 0.05) is 16.2 Å². The summed E-state index contributed by atoms with van der Waals surface area (Å²) >= 11 is 3.34. The Kier molecular flexibility index (Phi) is 1.99. The van der Waals surface area contributed by atoms with E-state index in [4.69, 9.17) is 5.26 Å². The molecule has 0 aliphatic rings. The highest BCUT2D eigenvalue weighted by Crippen LogP contribution is 2.15. The number of nitriles is 1.